The van der Waals surface area contributed by atoms with Gasteiger partial charge in [-0.1, -0.05) is 41.6 Å². The number of benzene rings is 1. The number of halogens is 1. The number of rotatable bonds is 4. The fraction of sp³-hybridized carbons (Fsp3) is 0. The van der Waals surface area contributed by atoms with Crippen LogP contribution in [-0.2, 0) is 4.79 Å². The monoisotopic (exact) mass is 390 g/mol. The molecule has 1 N–H and O–H groups in total. The maximum atomic E-state index is 12.4. The molecule has 1 aromatic heterocycles. The van der Waals surface area contributed by atoms with Gasteiger partial charge in [-0.3, -0.25) is 15.0 Å². The lowest BCUT2D eigenvalue weighted by Gasteiger charge is -2.16. The molecule has 0 spiro atoms. The van der Waals surface area contributed by atoms with E-state index in [-0.39, 0.29) is 9.88 Å². The Kier molecular flexibility index (Phi) is 5.37. The Bertz CT molecular complexity index is 891. The highest BCUT2D eigenvalue weighted by Gasteiger charge is 2.33. The Morgan fingerprint density at radius 3 is 2.80 bits per heavy atom. The van der Waals surface area contributed by atoms with Crippen molar-refractivity contribution in [1.29, 1.82) is 0 Å². The quantitative estimate of drug-likeness (QED) is 0.630. The molecule has 126 valence electrons. The summed E-state index contributed by atoms with van der Waals surface area (Å²) in [6, 6.07) is 10.1. The summed E-state index contributed by atoms with van der Waals surface area (Å²) in [5.41, 5.74) is 2.75. The minimum absolute atomic E-state index is 0.239. The number of carbonyl (C=O) groups excluding carboxylic acids is 2. The summed E-state index contributed by atoms with van der Waals surface area (Å²) in [4.78, 5) is 25.1. The smallest absolute Gasteiger partial charge is 0.285 e. The van der Waals surface area contributed by atoms with Crippen LogP contribution in [0.2, 0.25) is 5.02 Å². The van der Waals surface area contributed by atoms with Crippen molar-refractivity contribution in [3.8, 4) is 0 Å². The van der Waals surface area contributed by atoms with Crippen molar-refractivity contribution in [2.24, 2.45) is 0 Å². The van der Waals surface area contributed by atoms with Crippen molar-refractivity contribution in [1.82, 2.24) is 10.4 Å². The van der Waals surface area contributed by atoms with Crippen LogP contribution in [0, 0.1) is 0 Å². The van der Waals surface area contributed by atoms with Gasteiger partial charge in [0.2, 0.25) is 0 Å². The fourth-order valence-corrected chi connectivity index (χ4v) is 3.35. The van der Waals surface area contributed by atoms with E-state index in [1.54, 1.807) is 60.9 Å². The number of carbonyl (C=O) groups is 2. The maximum absolute atomic E-state index is 12.4. The maximum Gasteiger partial charge on any atom is 0.285 e. The predicted octanol–water partition coefficient (Wildman–Crippen LogP) is 4.04. The zero-order valence-corrected chi connectivity index (χ0v) is 15.0. The van der Waals surface area contributed by atoms with Crippen LogP contribution in [0.4, 0.5) is 0 Å². The zero-order valence-electron chi connectivity index (χ0n) is 12.6. The lowest BCUT2D eigenvalue weighted by Crippen LogP contribution is -2.44. The van der Waals surface area contributed by atoms with Gasteiger partial charge in [-0.15, -0.1) is 0 Å². The number of hydrogen-bond donors (Lipinski definition) is 1. The molecule has 1 saturated heterocycles. The van der Waals surface area contributed by atoms with Crippen LogP contribution in [0.3, 0.4) is 0 Å². The number of amides is 2. The van der Waals surface area contributed by atoms with Crippen LogP contribution in [0.15, 0.2) is 64.1 Å². The van der Waals surface area contributed by atoms with E-state index in [9.17, 15) is 9.59 Å². The number of nitrogens with one attached hydrogen (secondary N) is 1. The van der Waals surface area contributed by atoms with Crippen molar-refractivity contribution in [3.63, 3.8) is 0 Å². The van der Waals surface area contributed by atoms with Gasteiger partial charge in [-0.2, -0.15) is 5.01 Å². The largest absolute Gasteiger partial charge is 0.465 e. The van der Waals surface area contributed by atoms with E-state index in [1.165, 1.54) is 0 Å². The third-order valence-electron chi connectivity index (χ3n) is 3.18. The van der Waals surface area contributed by atoms with Crippen LogP contribution in [-0.4, -0.2) is 21.1 Å². The Morgan fingerprint density at radius 2 is 2.08 bits per heavy atom. The average molecular weight is 391 g/mol. The average Bonchev–Trinajstić information content (AvgIpc) is 3.19. The molecule has 1 aliphatic heterocycles. The first kappa shape index (κ1) is 17.5. The molecule has 3 rings (SSSR count). The minimum Gasteiger partial charge on any atom is -0.465 e. The van der Waals surface area contributed by atoms with Gasteiger partial charge in [-0.05, 0) is 48.6 Å². The summed E-state index contributed by atoms with van der Waals surface area (Å²) in [7, 11) is 0. The number of hydrazine groups is 1. The molecule has 0 unspecified atom stereocenters. The Labute approximate surface area is 158 Å². The van der Waals surface area contributed by atoms with Crippen LogP contribution in [0.1, 0.15) is 16.1 Å². The normalized spacial score (nSPS) is 16.2. The second-order valence-electron chi connectivity index (χ2n) is 4.83. The van der Waals surface area contributed by atoms with Crippen LogP contribution >= 0.6 is 35.6 Å². The van der Waals surface area contributed by atoms with Gasteiger partial charge >= 0.3 is 0 Å². The van der Waals surface area contributed by atoms with Gasteiger partial charge in [0, 0.05) is 0 Å². The molecule has 0 bridgehead atoms. The molecule has 1 aromatic carbocycles. The highest BCUT2D eigenvalue weighted by molar-refractivity contribution is 8.26. The Morgan fingerprint density at radius 1 is 1.28 bits per heavy atom. The molecule has 2 aromatic rings. The molecule has 0 atom stereocenters. The molecule has 0 saturated carbocycles. The molecule has 2 heterocycles. The number of allylic oxidation sites excluding steroid dienone is 2. The van der Waals surface area contributed by atoms with E-state index in [4.69, 9.17) is 28.2 Å². The van der Waals surface area contributed by atoms with Crippen molar-refractivity contribution >= 4 is 57.8 Å². The summed E-state index contributed by atoms with van der Waals surface area (Å²) >= 11 is 12.3. The first-order valence-electron chi connectivity index (χ1n) is 7.10. The van der Waals surface area contributed by atoms with E-state index in [0.29, 0.717) is 15.7 Å². The summed E-state index contributed by atoms with van der Waals surface area (Å²) in [6.45, 7) is 0. The highest BCUT2D eigenvalue weighted by atomic mass is 35.5. The number of furan rings is 1. The summed E-state index contributed by atoms with van der Waals surface area (Å²) in [6.07, 6.45) is 6.57. The lowest BCUT2D eigenvalue weighted by molar-refractivity contribution is -0.123. The molecular formula is C17H11ClN2O3S2. The standard InChI is InChI=1S/C17H11ClN2O3S2/c18-13-8-2-1-7-12(13)15(21)19-20-16(22)14(25-17(20)24)9-3-5-11-6-4-10-23-11/h1-10H,(H,19,21)/b5-3+,14-9-. The van der Waals surface area contributed by atoms with Crippen LogP contribution in [0.5, 0.6) is 0 Å². The van der Waals surface area contributed by atoms with Crippen molar-refractivity contribution in [2.45, 2.75) is 0 Å². The first-order valence-corrected chi connectivity index (χ1v) is 8.70. The fourth-order valence-electron chi connectivity index (χ4n) is 2.00. The van der Waals surface area contributed by atoms with E-state index < -0.39 is 11.8 Å². The summed E-state index contributed by atoms with van der Waals surface area (Å²) < 4.78 is 5.41. The second kappa shape index (κ2) is 7.69. The van der Waals surface area contributed by atoms with Crippen LogP contribution in [0.25, 0.3) is 6.08 Å². The van der Waals surface area contributed by atoms with E-state index in [0.717, 1.165) is 16.8 Å². The number of thioether (sulfide) groups is 1. The van der Waals surface area contributed by atoms with Gasteiger partial charge in [-0.25, -0.2) is 0 Å². The molecule has 0 aliphatic carbocycles. The third-order valence-corrected chi connectivity index (χ3v) is 4.83. The molecule has 5 nitrogen and oxygen atoms in total. The summed E-state index contributed by atoms with van der Waals surface area (Å²) in [5, 5.41) is 1.33. The van der Waals surface area contributed by atoms with Crippen molar-refractivity contribution < 1.29 is 14.0 Å². The first-order chi connectivity index (χ1) is 12.1. The third kappa shape index (κ3) is 4.01. The number of nitrogens with zero attached hydrogens (tertiary/aromatic N) is 1. The van der Waals surface area contributed by atoms with Gasteiger partial charge in [0.05, 0.1) is 21.8 Å². The SMILES string of the molecule is O=C(NN1C(=O)/C(=C/C=C/c2ccco2)SC1=S)c1ccccc1Cl. The van der Waals surface area contributed by atoms with Gasteiger partial charge in [0.15, 0.2) is 4.32 Å². The van der Waals surface area contributed by atoms with E-state index >= 15 is 0 Å². The molecule has 1 fully saturated rings. The summed E-state index contributed by atoms with van der Waals surface area (Å²) in [5.74, 6) is -0.243. The Hall–Kier alpha value is -2.35. The molecular weight excluding hydrogens is 380 g/mol. The highest BCUT2D eigenvalue weighted by Crippen LogP contribution is 2.30. The second-order valence-corrected chi connectivity index (χ2v) is 6.92. The number of hydrogen-bond acceptors (Lipinski definition) is 5. The van der Waals surface area contributed by atoms with Crippen molar-refractivity contribution in [3.05, 3.63) is 76.1 Å². The number of thiocarbonyl (C=S) groups is 1. The minimum atomic E-state index is -0.505. The van der Waals surface area contributed by atoms with Gasteiger partial charge in [0.25, 0.3) is 11.8 Å². The predicted molar refractivity (Wildman–Crippen MR) is 102 cm³/mol. The van der Waals surface area contributed by atoms with Gasteiger partial charge in [0.1, 0.15) is 5.76 Å². The molecule has 8 heteroatoms. The molecule has 2 amide bonds. The molecule has 25 heavy (non-hydrogen) atoms. The van der Waals surface area contributed by atoms with E-state index in [2.05, 4.69) is 5.43 Å². The topological polar surface area (TPSA) is 62.6 Å². The van der Waals surface area contributed by atoms with E-state index in [1.807, 2.05) is 0 Å². The molecule has 0 radical (unpaired) electrons. The Balaban J connectivity index is 1.71. The zero-order chi connectivity index (χ0) is 17.8. The molecule has 1 aliphatic rings. The van der Waals surface area contributed by atoms with Gasteiger partial charge < -0.3 is 4.42 Å². The van der Waals surface area contributed by atoms with Crippen LogP contribution < -0.4 is 5.43 Å². The van der Waals surface area contributed by atoms with Crippen molar-refractivity contribution in [2.75, 3.05) is 0 Å². The lowest BCUT2D eigenvalue weighted by atomic mass is 10.2.